The molecule has 1 aromatic carbocycles. The number of hydrogen-bond donors (Lipinski definition) is 1. The van der Waals surface area contributed by atoms with Gasteiger partial charge in [0.2, 0.25) is 0 Å². The van der Waals surface area contributed by atoms with Gasteiger partial charge in [-0.05, 0) is 18.1 Å². The molecule has 1 heterocycles. The van der Waals surface area contributed by atoms with Crippen molar-refractivity contribution in [1.82, 2.24) is 4.98 Å². The molecule has 2 N–H and O–H groups in total. The Bertz CT molecular complexity index is 490. The smallest absolute Gasteiger partial charge is 0.106 e. The van der Waals surface area contributed by atoms with Crippen LogP contribution in [-0.4, -0.2) is 18.6 Å². The predicted octanol–water partition coefficient (Wildman–Crippen LogP) is 2.97. The molecule has 0 aliphatic heterocycles. The molecule has 4 heteroatoms. The van der Waals surface area contributed by atoms with Crippen molar-refractivity contribution in [1.29, 1.82) is 0 Å². The van der Waals surface area contributed by atoms with Gasteiger partial charge in [0.15, 0.2) is 0 Å². The van der Waals surface area contributed by atoms with Gasteiger partial charge < -0.3 is 10.6 Å². The lowest BCUT2D eigenvalue weighted by molar-refractivity contribution is 0.639. The highest BCUT2D eigenvalue weighted by molar-refractivity contribution is 7.16. The van der Waals surface area contributed by atoms with Crippen LogP contribution in [0.1, 0.15) is 13.8 Å². The lowest BCUT2D eigenvalue weighted by atomic mass is 10.2. The molecule has 0 spiro atoms. The molecule has 0 aliphatic carbocycles. The topological polar surface area (TPSA) is 42.2 Å². The van der Waals surface area contributed by atoms with Gasteiger partial charge in [0.25, 0.3) is 0 Å². The molecule has 0 saturated carbocycles. The van der Waals surface area contributed by atoms with Gasteiger partial charge in [0, 0.05) is 13.6 Å². The first-order chi connectivity index (χ1) is 7.59. The van der Waals surface area contributed by atoms with Crippen molar-refractivity contribution < 1.29 is 0 Å². The normalized spacial score (nSPS) is 11.2. The summed E-state index contributed by atoms with van der Waals surface area (Å²) in [7, 11) is 2.07. The number of anilines is 2. The zero-order chi connectivity index (χ0) is 11.7. The monoisotopic (exact) mass is 235 g/mol. The van der Waals surface area contributed by atoms with E-state index in [2.05, 4.69) is 42.9 Å². The number of thiazole rings is 1. The van der Waals surface area contributed by atoms with Crippen molar-refractivity contribution in [3.05, 3.63) is 17.6 Å². The summed E-state index contributed by atoms with van der Waals surface area (Å²) in [5.41, 5.74) is 10.8. The first-order valence-electron chi connectivity index (χ1n) is 5.42. The zero-order valence-corrected chi connectivity index (χ0v) is 10.7. The Morgan fingerprint density at radius 3 is 2.88 bits per heavy atom. The number of aromatic nitrogens is 1. The highest BCUT2D eigenvalue weighted by Gasteiger charge is 2.11. The molecule has 0 aliphatic rings. The standard InChI is InChI=1S/C12H17N3S/c1-8(2)6-15(3)9-4-5-10-12(11(9)13)14-7-16-10/h4-5,7-8H,6,13H2,1-3H3. The summed E-state index contributed by atoms with van der Waals surface area (Å²) in [6.07, 6.45) is 0. The van der Waals surface area contributed by atoms with Gasteiger partial charge in [-0.3, -0.25) is 0 Å². The van der Waals surface area contributed by atoms with E-state index in [1.807, 2.05) is 5.51 Å². The molecule has 16 heavy (non-hydrogen) atoms. The van der Waals surface area contributed by atoms with E-state index in [4.69, 9.17) is 5.73 Å². The maximum atomic E-state index is 6.14. The Morgan fingerprint density at radius 2 is 2.19 bits per heavy atom. The second-order valence-corrected chi connectivity index (χ2v) is 5.36. The molecule has 0 radical (unpaired) electrons. The molecule has 0 saturated heterocycles. The molecule has 0 fully saturated rings. The van der Waals surface area contributed by atoms with E-state index in [-0.39, 0.29) is 0 Å². The second kappa shape index (κ2) is 4.29. The third kappa shape index (κ3) is 1.97. The Kier molecular flexibility index (Phi) is 3.01. The van der Waals surface area contributed by atoms with Crippen molar-refractivity contribution in [2.24, 2.45) is 5.92 Å². The number of benzene rings is 1. The Hall–Kier alpha value is -1.29. The summed E-state index contributed by atoms with van der Waals surface area (Å²) in [4.78, 5) is 6.50. The molecular weight excluding hydrogens is 218 g/mol. The van der Waals surface area contributed by atoms with Crippen LogP contribution in [0.25, 0.3) is 10.2 Å². The number of nitrogens with two attached hydrogens (primary N) is 1. The van der Waals surface area contributed by atoms with Crippen molar-refractivity contribution in [3.63, 3.8) is 0 Å². The molecule has 86 valence electrons. The largest absolute Gasteiger partial charge is 0.395 e. The van der Waals surface area contributed by atoms with Gasteiger partial charge in [-0.25, -0.2) is 4.98 Å². The highest BCUT2D eigenvalue weighted by Crippen LogP contribution is 2.32. The third-order valence-electron chi connectivity index (χ3n) is 2.57. The zero-order valence-electron chi connectivity index (χ0n) is 9.90. The van der Waals surface area contributed by atoms with E-state index < -0.39 is 0 Å². The fourth-order valence-corrected chi connectivity index (χ4v) is 2.61. The third-order valence-corrected chi connectivity index (χ3v) is 3.36. The van der Waals surface area contributed by atoms with E-state index in [1.54, 1.807) is 11.3 Å². The fourth-order valence-electron chi connectivity index (χ4n) is 1.92. The fraction of sp³-hybridized carbons (Fsp3) is 0.417. The van der Waals surface area contributed by atoms with Gasteiger partial charge >= 0.3 is 0 Å². The summed E-state index contributed by atoms with van der Waals surface area (Å²) in [5, 5.41) is 0. The van der Waals surface area contributed by atoms with Crippen LogP contribution in [0.4, 0.5) is 11.4 Å². The molecule has 3 nitrogen and oxygen atoms in total. The quantitative estimate of drug-likeness (QED) is 0.832. The molecule has 0 amide bonds. The lowest BCUT2D eigenvalue weighted by Crippen LogP contribution is -2.23. The molecule has 2 aromatic rings. The van der Waals surface area contributed by atoms with E-state index >= 15 is 0 Å². The second-order valence-electron chi connectivity index (χ2n) is 4.47. The average Bonchev–Trinajstić information content (AvgIpc) is 2.65. The summed E-state index contributed by atoms with van der Waals surface area (Å²) >= 11 is 1.63. The van der Waals surface area contributed by atoms with Crippen LogP contribution in [0.2, 0.25) is 0 Å². The van der Waals surface area contributed by atoms with Crippen LogP contribution in [0.3, 0.4) is 0 Å². The van der Waals surface area contributed by atoms with Crippen molar-refractivity contribution in [3.8, 4) is 0 Å². The summed E-state index contributed by atoms with van der Waals surface area (Å²) < 4.78 is 1.15. The van der Waals surface area contributed by atoms with Crippen molar-refractivity contribution in [2.45, 2.75) is 13.8 Å². The van der Waals surface area contributed by atoms with E-state index in [0.29, 0.717) is 5.92 Å². The first kappa shape index (κ1) is 11.2. The number of nitrogen functional groups attached to an aromatic ring is 1. The van der Waals surface area contributed by atoms with Crippen LogP contribution >= 0.6 is 11.3 Å². The minimum absolute atomic E-state index is 0.621. The molecule has 2 rings (SSSR count). The Labute approximate surface area is 99.9 Å². The van der Waals surface area contributed by atoms with E-state index in [9.17, 15) is 0 Å². The predicted molar refractivity (Wildman–Crippen MR) is 72.1 cm³/mol. The van der Waals surface area contributed by atoms with Gasteiger partial charge in [-0.15, -0.1) is 11.3 Å². The minimum Gasteiger partial charge on any atom is -0.395 e. The lowest BCUT2D eigenvalue weighted by Gasteiger charge is -2.23. The van der Waals surface area contributed by atoms with Gasteiger partial charge in [-0.2, -0.15) is 0 Å². The van der Waals surface area contributed by atoms with Crippen LogP contribution in [0.5, 0.6) is 0 Å². The number of rotatable bonds is 3. The summed E-state index contributed by atoms with van der Waals surface area (Å²) in [5.74, 6) is 0.621. The number of hydrogen-bond acceptors (Lipinski definition) is 4. The van der Waals surface area contributed by atoms with Crippen molar-refractivity contribution >= 4 is 32.9 Å². The molecule has 0 bridgehead atoms. The van der Waals surface area contributed by atoms with E-state index in [0.717, 1.165) is 28.1 Å². The maximum Gasteiger partial charge on any atom is 0.106 e. The summed E-state index contributed by atoms with van der Waals surface area (Å²) in [6, 6.07) is 4.17. The average molecular weight is 235 g/mol. The molecule has 0 atom stereocenters. The highest BCUT2D eigenvalue weighted by atomic mass is 32.1. The molecule has 1 aromatic heterocycles. The summed E-state index contributed by atoms with van der Waals surface area (Å²) in [6.45, 7) is 5.40. The van der Waals surface area contributed by atoms with Gasteiger partial charge in [0.1, 0.15) is 5.52 Å². The van der Waals surface area contributed by atoms with Crippen LogP contribution in [0, 0.1) is 5.92 Å². The van der Waals surface area contributed by atoms with Crippen LogP contribution < -0.4 is 10.6 Å². The maximum absolute atomic E-state index is 6.14. The Morgan fingerprint density at radius 1 is 1.44 bits per heavy atom. The first-order valence-corrected chi connectivity index (χ1v) is 6.30. The van der Waals surface area contributed by atoms with Gasteiger partial charge in [0.05, 0.1) is 21.6 Å². The van der Waals surface area contributed by atoms with Gasteiger partial charge in [-0.1, -0.05) is 13.8 Å². The van der Waals surface area contributed by atoms with Crippen LogP contribution in [0.15, 0.2) is 17.6 Å². The van der Waals surface area contributed by atoms with Crippen LogP contribution in [-0.2, 0) is 0 Å². The Balaban J connectivity index is 2.40. The molecule has 0 unspecified atom stereocenters. The van der Waals surface area contributed by atoms with E-state index in [1.165, 1.54) is 0 Å². The van der Waals surface area contributed by atoms with Crippen molar-refractivity contribution in [2.75, 3.05) is 24.2 Å². The number of fused-ring (bicyclic) bond motifs is 1. The number of nitrogens with zero attached hydrogens (tertiary/aromatic N) is 2. The SMILES string of the molecule is CC(C)CN(C)c1ccc2scnc2c1N. The minimum atomic E-state index is 0.621. The molecular formula is C12H17N3S.